The van der Waals surface area contributed by atoms with Gasteiger partial charge in [-0.05, 0) is 33.2 Å². The first-order chi connectivity index (χ1) is 10.0. The topological polar surface area (TPSA) is 76.8 Å². The van der Waals surface area contributed by atoms with Gasteiger partial charge in [0.25, 0.3) is 0 Å². The molecule has 3 atom stereocenters. The lowest BCUT2D eigenvalue weighted by Crippen LogP contribution is -2.45. The van der Waals surface area contributed by atoms with Crippen molar-refractivity contribution in [2.75, 3.05) is 39.8 Å². The Morgan fingerprint density at radius 1 is 1.30 bits per heavy atom. The Hall–Kier alpha value is -0.110. The second-order valence-corrected chi connectivity index (χ2v) is 5.87. The van der Waals surface area contributed by atoms with Crippen molar-refractivity contribution in [2.45, 2.75) is 51.4 Å². The molecule has 3 unspecified atom stereocenters. The molecule has 1 rings (SSSR count). The van der Waals surface area contributed by atoms with Crippen molar-refractivity contribution in [1.29, 1.82) is 0 Å². The van der Waals surface area contributed by atoms with Crippen LogP contribution in [0, 0.1) is 0 Å². The third-order valence-electron chi connectivity index (χ3n) is 3.73. The van der Waals surface area contributed by atoms with Gasteiger partial charge in [0, 0.05) is 33.3 Å². The fraction of sp³-hybridized carbons (Fsp3) is 0.933. The van der Waals surface area contributed by atoms with Crippen LogP contribution in [0.15, 0.2) is 0 Å². The molecule has 1 aliphatic heterocycles. The minimum atomic E-state index is -0.179. The molecule has 0 bridgehead atoms. The summed E-state index contributed by atoms with van der Waals surface area (Å²) < 4.78 is 10.8. The van der Waals surface area contributed by atoms with Crippen molar-refractivity contribution in [3.05, 3.63) is 0 Å². The molecule has 0 saturated carbocycles. The summed E-state index contributed by atoms with van der Waals surface area (Å²) in [6.45, 7) is 8.40. The molecule has 1 heterocycles. The van der Waals surface area contributed by atoms with E-state index in [1.165, 1.54) is 0 Å². The Labute approximate surface area is 152 Å². The Balaban J connectivity index is 0. The zero-order valence-corrected chi connectivity index (χ0v) is 16.1. The summed E-state index contributed by atoms with van der Waals surface area (Å²) in [6, 6.07) is 0. The summed E-state index contributed by atoms with van der Waals surface area (Å²) in [7, 11) is 1.58. The fourth-order valence-electron chi connectivity index (χ4n) is 2.70. The summed E-state index contributed by atoms with van der Waals surface area (Å²) in [4.78, 5) is 14.1. The number of carbonyl (C=O) groups is 1. The number of halogens is 2. The largest absolute Gasteiger partial charge is 0.380 e. The van der Waals surface area contributed by atoms with Crippen molar-refractivity contribution < 1.29 is 14.3 Å². The molecule has 0 aromatic heterocycles. The van der Waals surface area contributed by atoms with Crippen LogP contribution in [0.3, 0.4) is 0 Å². The van der Waals surface area contributed by atoms with Gasteiger partial charge >= 0.3 is 0 Å². The van der Waals surface area contributed by atoms with Gasteiger partial charge in [0.05, 0.1) is 24.7 Å². The smallest absolute Gasteiger partial charge is 0.222 e. The first kappa shape index (κ1) is 25.1. The minimum absolute atomic E-state index is 0. The second-order valence-electron chi connectivity index (χ2n) is 5.87. The molecule has 1 saturated heterocycles. The third kappa shape index (κ3) is 11.1. The van der Waals surface area contributed by atoms with Crippen LogP contribution in [-0.2, 0) is 14.3 Å². The monoisotopic (exact) mass is 373 g/mol. The number of ether oxygens (including phenoxy) is 2. The highest BCUT2D eigenvalue weighted by Crippen LogP contribution is 2.11. The number of carbonyl (C=O) groups excluding carboxylic acids is 1. The molecule has 8 heteroatoms. The van der Waals surface area contributed by atoms with Crippen molar-refractivity contribution >= 4 is 30.7 Å². The molecule has 3 N–H and O–H groups in total. The van der Waals surface area contributed by atoms with Crippen molar-refractivity contribution in [2.24, 2.45) is 5.73 Å². The number of unbranched alkanes of at least 4 members (excludes halogenated alkanes) is 1. The number of nitrogens with zero attached hydrogens (tertiary/aromatic N) is 1. The maximum atomic E-state index is 11.6. The van der Waals surface area contributed by atoms with Gasteiger partial charge in [-0.3, -0.25) is 9.69 Å². The molecule has 1 fully saturated rings. The molecule has 0 aromatic rings. The van der Waals surface area contributed by atoms with E-state index in [1.54, 1.807) is 7.11 Å². The molecular formula is C15H33Cl2N3O3. The van der Waals surface area contributed by atoms with Crippen LogP contribution < -0.4 is 11.1 Å². The van der Waals surface area contributed by atoms with Crippen LogP contribution in [0.2, 0.25) is 0 Å². The van der Waals surface area contributed by atoms with Gasteiger partial charge in [0.15, 0.2) is 0 Å². The van der Waals surface area contributed by atoms with Crippen LogP contribution in [0.4, 0.5) is 0 Å². The van der Waals surface area contributed by atoms with Gasteiger partial charge in [0.2, 0.25) is 5.91 Å². The van der Waals surface area contributed by atoms with Crippen molar-refractivity contribution in [3.63, 3.8) is 0 Å². The molecule has 0 aromatic carbocycles. The van der Waals surface area contributed by atoms with E-state index in [0.29, 0.717) is 25.2 Å². The molecule has 0 aliphatic carbocycles. The van der Waals surface area contributed by atoms with Gasteiger partial charge < -0.3 is 20.5 Å². The van der Waals surface area contributed by atoms with E-state index < -0.39 is 0 Å². The van der Waals surface area contributed by atoms with Crippen molar-refractivity contribution in [3.8, 4) is 0 Å². The van der Waals surface area contributed by atoms with Crippen LogP contribution in [0.5, 0.6) is 0 Å². The van der Waals surface area contributed by atoms with Gasteiger partial charge in [-0.15, -0.1) is 24.8 Å². The van der Waals surface area contributed by atoms with Crippen molar-refractivity contribution in [1.82, 2.24) is 10.2 Å². The standard InChI is InChI=1S/C15H31N3O3.2ClH/c1-12-10-18(11-13(2)21-12)7-5-4-6-17-15(19)8-14(9-16)20-3;;/h12-14H,4-11,16H2,1-3H3,(H,17,19);2*1H. The van der Waals surface area contributed by atoms with E-state index >= 15 is 0 Å². The first-order valence-electron chi connectivity index (χ1n) is 7.92. The van der Waals surface area contributed by atoms with E-state index in [0.717, 1.165) is 39.0 Å². The average Bonchev–Trinajstić information content (AvgIpc) is 2.43. The number of amides is 1. The lowest BCUT2D eigenvalue weighted by molar-refractivity contribution is -0.123. The molecule has 0 spiro atoms. The Kier molecular flexibility index (Phi) is 15.6. The van der Waals surface area contributed by atoms with E-state index in [4.69, 9.17) is 15.2 Å². The number of morpholine rings is 1. The maximum Gasteiger partial charge on any atom is 0.222 e. The highest BCUT2D eigenvalue weighted by Gasteiger charge is 2.21. The van der Waals surface area contributed by atoms with Gasteiger partial charge in [0.1, 0.15) is 0 Å². The number of hydrogen-bond donors (Lipinski definition) is 2. The molecule has 140 valence electrons. The fourth-order valence-corrected chi connectivity index (χ4v) is 2.70. The predicted octanol–water partition coefficient (Wildman–Crippen LogP) is 1.20. The predicted molar refractivity (Wildman–Crippen MR) is 97.7 cm³/mol. The molecule has 0 radical (unpaired) electrons. The Bertz CT molecular complexity index is 298. The maximum absolute atomic E-state index is 11.6. The summed E-state index contributed by atoms with van der Waals surface area (Å²) >= 11 is 0. The second kappa shape index (κ2) is 14.3. The molecule has 1 aliphatic rings. The summed E-state index contributed by atoms with van der Waals surface area (Å²) in [5, 5.41) is 2.92. The molecule has 23 heavy (non-hydrogen) atoms. The summed E-state index contributed by atoms with van der Waals surface area (Å²) in [5.41, 5.74) is 5.49. The summed E-state index contributed by atoms with van der Waals surface area (Å²) in [6.07, 6.45) is 2.87. The average molecular weight is 374 g/mol. The molecule has 6 nitrogen and oxygen atoms in total. The lowest BCUT2D eigenvalue weighted by atomic mass is 10.2. The third-order valence-corrected chi connectivity index (χ3v) is 3.73. The number of hydrogen-bond acceptors (Lipinski definition) is 5. The number of rotatable bonds is 9. The number of methoxy groups -OCH3 is 1. The first-order valence-corrected chi connectivity index (χ1v) is 7.92. The highest BCUT2D eigenvalue weighted by atomic mass is 35.5. The SMILES string of the molecule is COC(CN)CC(=O)NCCCCN1CC(C)OC(C)C1.Cl.Cl. The quantitative estimate of drug-likeness (QED) is 0.593. The zero-order chi connectivity index (χ0) is 15.7. The van der Waals surface area contributed by atoms with Gasteiger partial charge in [-0.1, -0.05) is 0 Å². The van der Waals surface area contributed by atoms with E-state index in [9.17, 15) is 4.79 Å². The number of nitrogens with one attached hydrogen (secondary N) is 1. The zero-order valence-electron chi connectivity index (χ0n) is 14.5. The Morgan fingerprint density at radius 2 is 1.91 bits per heavy atom. The van der Waals surface area contributed by atoms with E-state index in [-0.39, 0.29) is 36.8 Å². The van der Waals surface area contributed by atoms with Crippen LogP contribution in [-0.4, -0.2) is 69.0 Å². The normalized spacial score (nSPS) is 22.6. The van der Waals surface area contributed by atoms with Gasteiger partial charge in [-0.2, -0.15) is 0 Å². The Morgan fingerprint density at radius 3 is 2.43 bits per heavy atom. The highest BCUT2D eigenvalue weighted by molar-refractivity contribution is 5.85. The van der Waals surface area contributed by atoms with Gasteiger partial charge in [-0.25, -0.2) is 0 Å². The van der Waals surface area contributed by atoms with Crippen LogP contribution in [0.1, 0.15) is 33.1 Å². The molecular weight excluding hydrogens is 341 g/mol. The number of nitrogens with two attached hydrogens (primary N) is 1. The van der Waals surface area contributed by atoms with E-state index in [1.807, 2.05) is 0 Å². The minimum Gasteiger partial charge on any atom is -0.380 e. The molecule has 1 amide bonds. The summed E-state index contributed by atoms with van der Waals surface area (Å²) in [5.74, 6) is 0.0147. The van der Waals surface area contributed by atoms with Crippen LogP contribution in [0.25, 0.3) is 0 Å². The lowest BCUT2D eigenvalue weighted by Gasteiger charge is -2.35. The van der Waals surface area contributed by atoms with E-state index in [2.05, 4.69) is 24.1 Å². The van der Waals surface area contributed by atoms with Crippen LogP contribution >= 0.6 is 24.8 Å².